The zero-order valence-electron chi connectivity index (χ0n) is 17.4. The number of anilines is 1. The fraction of sp³-hybridized carbons (Fsp3) is 0.429. The molecule has 1 saturated heterocycles. The number of nitrogens with one attached hydrogen (secondary N) is 2. The maximum Gasteiger partial charge on any atom is 0.262 e. The van der Waals surface area contributed by atoms with E-state index >= 15 is 0 Å². The summed E-state index contributed by atoms with van der Waals surface area (Å²) in [5, 5.41) is 7.60. The van der Waals surface area contributed by atoms with Crippen molar-refractivity contribution in [1.82, 2.24) is 14.7 Å². The van der Waals surface area contributed by atoms with Crippen molar-refractivity contribution in [2.24, 2.45) is 0 Å². The van der Waals surface area contributed by atoms with Gasteiger partial charge in [0.1, 0.15) is 18.8 Å². The first-order chi connectivity index (χ1) is 15.1. The first-order valence-electron chi connectivity index (χ1n) is 10.4. The molecule has 0 unspecified atom stereocenters. The molecule has 0 saturated carbocycles. The van der Waals surface area contributed by atoms with Crippen LogP contribution in [0.4, 0.5) is 5.82 Å². The third-order valence-electron chi connectivity index (χ3n) is 5.17. The summed E-state index contributed by atoms with van der Waals surface area (Å²) in [4.78, 5) is 31.6. The van der Waals surface area contributed by atoms with E-state index in [2.05, 4.69) is 15.5 Å². The molecule has 4 rings (SSSR count). The molecule has 0 radical (unpaired) electrons. The number of morpholine rings is 1. The molecule has 1 amide bonds. The molecule has 1 aromatic carbocycles. The molecule has 0 atom stereocenters. The third kappa shape index (κ3) is 5.52. The van der Waals surface area contributed by atoms with Crippen LogP contribution in [0.5, 0.6) is 0 Å². The predicted molar refractivity (Wildman–Crippen MR) is 118 cm³/mol. The number of thioether (sulfide) groups is 1. The Balaban J connectivity index is 1.47. The van der Waals surface area contributed by atoms with Gasteiger partial charge in [-0.05, 0) is 19.1 Å². The Hall–Kier alpha value is -2.69. The van der Waals surface area contributed by atoms with Crippen molar-refractivity contribution in [1.29, 1.82) is 0 Å². The van der Waals surface area contributed by atoms with Gasteiger partial charge >= 0.3 is 0 Å². The minimum Gasteiger partial charge on any atom is -0.370 e. The molecule has 0 aliphatic carbocycles. The number of aryl methyl sites for hydroxylation is 1. The average molecular weight is 445 g/mol. The smallest absolute Gasteiger partial charge is 0.262 e. The molecule has 2 N–H and O–H groups in total. The average Bonchev–Trinajstić information content (AvgIpc) is 3.19. The van der Waals surface area contributed by atoms with Crippen molar-refractivity contribution in [3.63, 3.8) is 0 Å². The Morgan fingerprint density at radius 2 is 2.10 bits per heavy atom. The molecule has 1 aliphatic rings. The van der Waals surface area contributed by atoms with Crippen LogP contribution in [0.2, 0.25) is 0 Å². The van der Waals surface area contributed by atoms with Crippen LogP contribution in [0.15, 0.2) is 44.8 Å². The number of ether oxygens (including phenoxy) is 1. The minimum atomic E-state index is -0.231. The Kier molecular flexibility index (Phi) is 7.00. The summed E-state index contributed by atoms with van der Waals surface area (Å²) in [6.45, 7) is 6.85. The maximum absolute atomic E-state index is 13.1. The van der Waals surface area contributed by atoms with Crippen molar-refractivity contribution in [2.75, 3.05) is 43.9 Å². The molecule has 164 valence electrons. The van der Waals surface area contributed by atoms with E-state index < -0.39 is 0 Å². The van der Waals surface area contributed by atoms with Crippen LogP contribution in [0.1, 0.15) is 12.2 Å². The summed E-state index contributed by atoms with van der Waals surface area (Å²) in [5.74, 6) is 0.881. The van der Waals surface area contributed by atoms with E-state index in [0.717, 1.165) is 39.3 Å². The molecule has 3 aromatic rings. The maximum atomic E-state index is 13.1. The van der Waals surface area contributed by atoms with Gasteiger partial charge in [0.15, 0.2) is 11.0 Å². The quantitative estimate of drug-likeness (QED) is 0.390. The fourth-order valence-corrected chi connectivity index (χ4v) is 4.41. The molecule has 1 fully saturated rings. The van der Waals surface area contributed by atoms with E-state index in [9.17, 15) is 9.59 Å². The topological polar surface area (TPSA) is 104 Å². The number of amides is 1. The highest BCUT2D eigenvalue weighted by molar-refractivity contribution is 7.99. The zero-order chi connectivity index (χ0) is 21.6. The van der Waals surface area contributed by atoms with Gasteiger partial charge in [0.2, 0.25) is 5.91 Å². The Morgan fingerprint density at radius 1 is 1.29 bits per heavy atom. The number of rotatable bonds is 8. The van der Waals surface area contributed by atoms with Gasteiger partial charge in [0, 0.05) is 19.0 Å². The molecule has 0 spiro atoms. The molecule has 3 heterocycles. The second kappa shape index (κ2) is 10.1. The second-order valence-electron chi connectivity index (χ2n) is 7.49. The zero-order valence-corrected chi connectivity index (χ0v) is 18.2. The number of hydrogen-bond donors (Lipinski definition) is 2. The van der Waals surface area contributed by atoms with E-state index in [0.29, 0.717) is 34.2 Å². The second-order valence-corrected chi connectivity index (χ2v) is 8.44. The van der Waals surface area contributed by atoms with Gasteiger partial charge in [-0.15, -0.1) is 0 Å². The van der Waals surface area contributed by atoms with Crippen LogP contribution in [0.25, 0.3) is 10.9 Å². The number of hydrogen-bond acceptors (Lipinski definition) is 7. The van der Waals surface area contributed by atoms with Gasteiger partial charge in [0.25, 0.3) is 5.56 Å². The van der Waals surface area contributed by atoms with Gasteiger partial charge in [0.05, 0.1) is 36.4 Å². The fourth-order valence-electron chi connectivity index (χ4n) is 3.59. The van der Waals surface area contributed by atoms with Crippen LogP contribution in [0, 0.1) is 6.92 Å². The number of quaternary nitrogens is 1. The first kappa shape index (κ1) is 21.5. The number of nitrogens with zero attached hydrogens (tertiary/aromatic N) is 3. The molecule has 9 nitrogen and oxygen atoms in total. The largest absolute Gasteiger partial charge is 0.370 e. The number of fused-ring (bicyclic) bond motifs is 1. The normalized spacial score (nSPS) is 14.7. The number of carbonyl (C=O) groups is 1. The van der Waals surface area contributed by atoms with E-state index in [-0.39, 0.29) is 17.2 Å². The lowest BCUT2D eigenvalue weighted by Crippen LogP contribution is -3.14. The summed E-state index contributed by atoms with van der Waals surface area (Å²) in [5.41, 5.74) is 0.565. The molecule has 1 aliphatic heterocycles. The number of para-hydroxylation sites is 1. The van der Waals surface area contributed by atoms with Crippen molar-refractivity contribution < 1.29 is 19.0 Å². The summed E-state index contributed by atoms with van der Waals surface area (Å²) in [7, 11) is 0. The van der Waals surface area contributed by atoms with Gasteiger partial charge in [-0.3, -0.25) is 14.2 Å². The monoisotopic (exact) mass is 444 g/mol. The lowest BCUT2D eigenvalue weighted by atomic mass is 10.2. The van der Waals surface area contributed by atoms with Crippen LogP contribution in [-0.4, -0.2) is 59.2 Å². The van der Waals surface area contributed by atoms with E-state index in [1.54, 1.807) is 23.6 Å². The Labute approximate surface area is 183 Å². The SMILES string of the molecule is Cc1cc(NC(=O)CSc2nc3ccccc3c(=O)n2CCC[NH+]2CCOCC2)no1. The summed E-state index contributed by atoms with van der Waals surface area (Å²) in [6.07, 6.45) is 0.854. The van der Waals surface area contributed by atoms with Crippen molar-refractivity contribution in [2.45, 2.75) is 25.0 Å². The minimum absolute atomic E-state index is 0.0717. The summed E-state index contributed by atoms with van der Waals surface area (Å²) >= 11 is 1.25. The van der Waals surface area contributed by atoms with Crippen LogP contribution in [-0.2, 0) is 16.1 Å². The molecule has 31 heavy (non-hydrogen) atoms. The lowest BCUT2D eigenvalue weighted by molar-refractivity contribution is -0.908. The highest BCUT2D eigenvalue weighted by atomic mass is 32.2. The van der Waals surface area contributed by atoms with E-state index in [1.165, 1.54) is 16.7 Å². The Morgan fingerprint density at radius 3 is 2.87 bits per heavy atom. The number of aromatic nitrogens is 3. The summed E-state index contributed by atoms with van der Waals surface area (Å²) in [6, 6.07) is 8.97. The van der Waals surface area contributed by atoms with Gasteiger partial charge in [-0.25, -0.2) is 4.98 Å². The van der Waals surface area contributed by atoms with Crippen molar-refractivity contribution in [3.8, 4) is 0 Å². The van der Waals surface area contributed by atoms with Gasteiger partial charge in [-0.2, -0.15) is 0 Å². The van der Waals surface area contributed by atoms with Crippen molar-refractivity contribution in [3.05, 3.63) is 46.4 Å². The van der Waals surface area contributed by atoms with Crippen LogP contribution >= 0.6 is 11.8 Å². The van der Waals surface area contributed by atoms with Crippen LogP contribution < -0.4 is 15.8 Å². The lowest BCUT2D eigenvalue weighted by Gasteiger charge is -2.24. The van der Waals surface area contributed by atoms with E-state index in [1.807, 2.05) is 18.2 Å². The number of carbonyl (C=O) groups excluding carboxylic acids is 1. The standard InChI is InChI=1S/C21H25N5O4S/c1-15-13-18(24-30-15)23-19(27)14-31-21-22-17-6-3-2-5-16(17)20(28)26(21)8-4-7-25-9-11-29-12-10-25/h2-3,5-6,13H,4,7-12,14H2,1H3,(H,23,24,27)/p+1. The van der Waals surface area contributed by atoms with E-state index in [4.69, 9.17) is 9.26 Å². The third-order valence-corrected chi connectivity index (χ3v) is 6.14. The van der Waals surface area contributed by atoms with Gasteiger partial charge in [-0.1, -0.05) is 29.1 Å². The molecule has 0 bridgehead atoms. The first-order valence-corrected chi connectivity index (χ1v) is 11.4. The highest BCUT2D eigenvalue weighted by Gasteiger charge is 2.16. The molecule has 2 aromatic heterocycles. The number of benzene rings is 1. The van der Waals surface area contributed by atoms with Crippen LogP contribution in [0.3, 0.4) is 0 Å². The predicted octanol–water partition coefficient (Wildman–Crippen LogP) is 0.729. The molecular weight excluding hydrogens is 418 g/mol. The summed E-state index contributed by atoms with van der Waals surface area (Å²) < 4.78 is 12.1. The van der Waals surface area contributed by atoms with Gasteiger partial charge < -0.3 is 19.5 Å². The molecular formula is C21H26N5O4S+. The highest BCUT2D eigenvalue weighted by Crippen LogP contribution is 2.18. The molecule has 10 heteroatoms. The van der Waals surface area contributed by atoms with Crippen molar-refractivity contribution >= 4 is 34.4 Å². The Bertz CT molecular complexity index is 1110.